The molecule has 0 unspecified atom stereocenters. The molecule has 0 bridgehead atoms. The molecule has 3 heterocycles. The van der Waals surface area contributed by atoms with E-state index in [0.717, 1.165) is 44.1 Å². The average Bonchev–Trinajstić information content (AvgIpc) is 3.18. The summed E-state index contributed by atoms with van der Waals surface area (Å²) in [4.78, 5) is 2.40. The lowest BCUT2D eigenvalue weighted by atomic mass is 10.0. The number of rotatable bonds is 4. The summed E-state index contributed by atoms with van der Waals surface area (Å²) in [6.07, 6.45) is -1.03. The van der Waals surface area contributed by atoms with Crippen LogP contribution in [0.15, 0.2) is 24.4 Å². The highest BCUT2D eigenvalue weighted by Crippen LogP contribution is 2.37. The Labute approximate surface area is 166 Å². The number of fused-ring (bicyclic) bond motifs is 1. The number of piperidine rings is 1. The van der Waals surface area contributed by atoms with Crippen molar-refractivity contribution in [2.75, 3.05) is 25.0 Å². The van der Waals surface area contributed by atoms with Crippen LogP contribution in [0.1, 0.15) is 30.9 Å². The summed E-state index contributed by atoms with van der Waals surface area (Å²) in [6.45, 7) is 7.19. The molecule has 1 atom stereocenters. The number of nitrogens with one attached hydrogen (secondary N) is 2. The first kappa shape index (κ1) is 19.6. The third kappa shape index (κ3) is 3.91. The SMILES string of the molecule is CCN1CCC[C@@H](Nc2nnc(-c3ccc(C(F)(F)F)c4cn[nH]c34)cc2C)C1. The first-order chi connectivity index (χ1) is 13.9. The van der Waals surface area contributed by atoms with Gasteiger partial charge in [0.15, 0.2) is 5.82 Å². The molecule has 1 aliphatic rings. The van der Waals surface area contributed by atoms with Crippen LogP contribution in [0, 0.1) is 6.92 Å². The lowest BCUT2D eigenvalue weighted by Crippen LogP contribution is -2.42. The topological polar surface area (TPSA) is 69.7 Å². The zero-order chi connectivity index (χ0) is 20.6. The predicted molar refractivity (Wildman–Crippen MR) is 106 cm³/mol. The van der Waals surface area contributed by atoms with Crippen molar-refractivity contribution in [3.05, 3.63) is 35.5 Å². The number of H-pyrrole nitrogens is 1. The van der Waals surface area contributed by atoms with Crippen molar-refractivity contribution in [1.82, 2.24) is 25.3 Å². The number of likely N-dealkylation sites (N-methyl/N-ethyl adjacent to an activating group) is 1. The van der Waals surface area contributed by atoms with Crippen molar-refractivity contribution in [2.45, 2.75) is 38.9 Å². The Morgan fingerprint density at radius 3 is 2.83 bits per heavy atom. The molecule has 1 saturated heterocycles. The Morgan fingerprint density at radius 1 is 1.28 bits per heavy atom. The second-order valence-corrected chi connectivity index (χ2v) is 7.46. The number of anilines is 1. The number of aromatic amines is 1. The second-order valence-electron chi connectivity index (χ2n) is 7.46. The maximum atomic E-state index is 13.2. The van der Waals surface area contributed by atoms with Gasteiger partial charge in [-0.2, -0.15) is 18.3 Å². The molecule has 0 spiro atoms. The number of halogens is 3. The van der Waals surface area contributed by atoms with Crippen LogP contribution in [-0.2, 0) is 6.18 Å². The van der Waals surface area contributed by atoms with Crippen LogP contribution in [-0.4, -0.2) is 51.0 Å². The van der Waals surface area contributed by atoms with Gasteiger partial charge in [-0.15, -0.1) is 10.2 Å². The highest BCUT2D eigenvalue weighted by molar-refractivity contribution is 5.94. The Balaban J connectivity index is 1.62. The van der Waals surface area contributed by atoms with Gasteiger partial charge in [-0.25, -0.2) is 0 Å². The van der Waals surface area contributed by atoms with Crippen LogP contribution < -0.4 is 5.32 Å². The monoisotopic (exact) mass is 404 g/mol. The average molecular weight is 404 g/mol. The molecule has 0 aliphatic carbocycles. The molecule has 6 nitrogen and oxygen atoms in total. The van der Waals surface area contributed by atoms with Crippen molar-refractivity contribution in [3.8, 4) is 11.3 Å². The van der Waals surface area contributed by atoms with Crippen LogP contribution in [0.4, 0.5) is 19.0 Å². The fourth-order valence-corrected chi connectivity index (χ4v) is 3.91. The summed E-state index contributed by atoms with van der Waals surface area (Å²) >= 11 is 0. The first-order valence-corrected chi connectivity index (χ1v) is 9.73. The van der Waals surface area contributed by atoms with E-state index in [9.17, 15) is 13.2 Å². The molecule has 29 heavy (non-hydrogen) atoms. The number of likely N-dealkylation sites (tertiary alicyclic amines) is 1. The number of alkyl halides is 3. The molecule has 9 heteroatoms. The second kappa shape index (κ2) is 7.62. The largest absolute Gasteiger partial charge is 0.417 e. The fraction of sp³-hybridized carbons (Fsp3) is 0.450. The Kier molecular flexibility index (Phi) is 5.16. The van der Waals surface area contributed by atoms with Crippen LogP contribution >= 0.6 is 0 Å². The zero-order valence-electron chi connectivity index (χ0n) is 16.3. The summed E-state index contributed by atoms with van der Waals surface area (Å²) in [7, 11) is 0. The van der Waals surface area contributed by atoms with Crippen LogP contribution in [0.3, 0.4) is 0 Å². The van der Waals surface area contributed by atoms with E-state index in [1.165, 1.54) is 12.3 Å². The van der Waals surface area contributed by atoms with Crippen LogP contribution in [0.2, 0.25) is 0 Å². The van der Waals surface area contributed by atoms with Gasteiger partial charge < -0.3 is 10.2 Å². The van der Waals surface area contributed by atoms with Gasteiger partial charge in [-0.3, -0.25) is 5.10 Å². The van der Waals surface area contributed by atoms with E-state index >= 15 is 0 Å². The van der Waals surface area contributed by atoms with E-state index in [0.29, 0.717) is 28.6 Å². The van der Waals surface area contributed by atoms with Crippen molar-refractivity contribution >= 4 is 16.7 Å². The zero-order valence-corrected chi connectivity index (χ0v) is 16.3. The maximum Gasteiger partial charge on any atom is 0.417 e. The normalized spacial score (nSPS) is 18.3. The lowest BCUT2D eigenvalue weighted by Gasteiger charge is -2.32. The van der Waals surface area contributed by atoms with Gasteiger partial charge in [0, 0.05) is 23.5 Å². The van der Waals surface area contributed by atoms with Crippen molar-refractivity contribution in [3.63, 3.8) is 0 Å². The number of hydrogen-bond donors (Lipinski definition) is 2. The van der Waals surface area contributed by atoms with Crippen molar-refractivity contribution in [1.29, 1.82) is 0 Å². The molecule has 2 N–H and O–H groups in total. The minimum absolute atomic E-state index is 0.0264. The lowest BCUT2D eigenvalue weighted by molar-refractivity contribution is -0.136. The molecular formula is C20H23F3N6. The fourth-order valence-electron chi connectivity index (χ4n) is 3.91. The molecule has 0 radical (unpaired) electrons. The standard InChI is InChI=1S/C20H23F3N6/c1-3-29-8-4-5-13(11-29)25-19-12(2)9-17(26-28-19)14-6-7-16(20(21,22)23)15-10-24-27-18(14)15/h6-7,9-10,13H,3-5,8,11H2,1-2H3,(H,24,27)(H,25,28)/t13-/m1/s1. The summed E-state index contributed by atoms with van der Waals surface area (Å²) < 4.78 is 39.7. The third-order valence-corrected chi connectivity index (χ3v) is 5.47. The number of benzene rings is 1. The van der Waals surface area contributed by atoms with E-state index < -0.39 is 11.7 Å². The Bertz CT molecular complexity index is 1010. The summed E-state index contributed by atoms with van der Waals surface area (Å²) in [6, 6.07) is 4.64. The van der Waals surface area contributed by atoms with E-state index in [1.54, 1.807) is 0 Å². The van der Waals surface area contributed by atoms with Crippen molar-refractivity contribution < 1.29 is 13.2 Å². The van der Waals surface area contributed by atoms with E-state index in [2.05, 4.69) is 37.5 Å². The van der Waals surface area contributed by atoms with Gasteiger partial charge in [0.05, 0.1) is 23.0 Å². The van der Waals surface area contributed by atoms with Crippen LogP contribution in [0.25, 0.3) is 22.2 Å². The smallest absolute Gasteiger partial charge is 0.364 e. The molecule has 0 amide bonds. The minimum Gasteiger partial charge on any atom is -0.364 e. The molecule has 1 aromatic carbocycles. The number of nitrogens with zero attached hydrogens (tertiary/aromatic N) is 4. The number of aromatic nitrogens is 4. The quantitative estimate of drug-likeness (QED) is 0.681. The van der Waals surface area contributed by atoms with Gasteiger partial charge in [-0.05, 0) is 56.6 Å². The molecule has 3 aromatic rings. The first-order valence-electron chi connectivity index (χ1n) is 9.73. The van der Waals surface area contributed by atoms with E-state index in [-0.39, 0.29) is 5.39 Å². The Hall–Kier alpha value is -2.68. The maximum absolute atomic E-state index is 13.2. The van der Waals surface area contributed by atoms with Gasteiger partial charge in [0.2, 0.25) is 0 Å². The Morgan fingerprint density at radius 2 is 2.10 bits per heavy atom. The molecule has 2 aromatic heterocycles. The highest BCUT2D eigenvalue weighted by Gasteiger charge is 2.33. The molecule has 0 saturated carbocycles. The summed E-state index contributed by atoms with van der Waals surface area (Å²) in [5.74, 6) is 0.712. The third-order valence-electron chi connectivity index (χ3n) is 5.47. The molecule has 1 fully saturated rings. The molecule has 1 aliphatic heterocycles. The van der Waals surface area contributed by atoms with Crippen LogP contribution in [0.5, 0.6) is 0 Å². The van der Waals surface area contributed by atoms with Gasteiger partial charge in [-0.1, -0.05) is 6.92 Å². The predicted octanol–water partition coefficient (Wildman–Crippen LogP) is 4.24. The highest BCUT2D eigenvalue weighted by atomic mass is 19.4. The van der Waals surface area contributed by atoms with Gasteiger partial charge in [0.25, 0.3) is 0 Å². The van der Waals surface area contributed by atoms with E-state index in [1.807, 2.05) is 13.0 Å². The van der Waals surface area contributed by atoms with Gasteiger partial charge >= 0.3 is 6.18 Å². The summed E-state index contributed by atoms with van der Waals surface area (Å²) in [5, 5.41) is 18.6. The molecular weight excluding hydrogens is 381 g/mol. The summed E-state index contributed by atoms with van der Waals surface area (Å²) in [5.41, 5.74) is 1.54. The number of aryl methyl sites for hydroxylation is 1. The van der Waals surface area contributed by atoms with Crippen molar-refractivity contribution in [2.24, 2.45) is 0 Å². The molecule has 154 valence electrons. The number of hydrogen-bond acceptors (Lipinski definition) is 5. The van der Waals surface area contributed by atoms with Gasteiger partial charge in [0.1, 0.15) is 0 Å². The molecule has 4 rings (SSSR count). The minimum atomic E-state index is -4.44. The van der Waals surface area contributed by atoms with E-state index in [4.69, 9.17) is 0 Å².